The van der Waals surface area contributed by atoms with Gasteiger partial charge in [0.2, 0.25) is 17.7 Å². The fraction of sp³-hybridized carbons (Fsp3) is 0.750. The molecule has 0 bridgehead atoms. The largest absolute Gasteiger partial charge is 0.370 e. The maximum Gasteiger partial charge on any atom is 0.243 e. The molecule has 3 amide bonds. The van der Waals surface area contributed by atoms with Crippen LogP contribution in [0.25, 0.3) is 0 Å². The highest BCUT2D eigenvalue weighted by molar-refractivity contribution is 5.92. The van der Waals surface area contributed by atoms with Crippen LogP contribution in [0.2, 0.25) is 0 Å². The zero-order chi connectivity index (χ0) is 23.3. The van der Waals surface area contributed by atoms with E-state index in [2.05, 4.69) is 20.9 Å². The van der Waals surface area contributed by atoms with Gasteiger partial charge in [0.15, 0.2) is 5.96 Å². The molecule has 3 unspecified atom stereocenters. The number of carbonyl (C=O) groups is 4. The molecular weight excluding hydrogens is 424 g/mol. The Kier molecular flexibility index (Phi) is 16.3. The number of aldehydes is 1. The molecule has 0 aliphatic heterocycles. The third-order valence-electron chi connectivity index (χ3n) is 4.20. The van der Waals surface area contributed by atoms with Gasteiger partial charge in [-0.25, -0.2) is 0 Å². The molecule has 7 N–H and O–H groups in total. The van der Waals surface area contributed by atoms with Gasteiger partial charge in [0.05, 0.1) is 6.04 Å². The van der Waals surface area contributed by atoms with Crippen molar-refractivity contribution in [1.29, 1.82) is 0 Å². The Morgan fingerprint density at radius 1 is 0.903 bits per heavy atom. The summed E-state index contributed by atoms with van der Waals surface area (Å²) in [5.41, 5.74) is 10.5. The van der Waals surface area contributed by atoms with Crippen LogP contribution in [0, 0.1) is 11.8 Å². The second kappa shape index (κ2) is 16.3. The monoisotopic (exact) mass is 462 g/mol. The van der Waals surface area contributed by atoms with Crippen molar-refractivity contribution in [3.8, 4) is 0 Å². The predicted molar refractivity (Wildman–Crippen MR) is 124 cm³/mol. The Morgan fingerprint density at radius 2 is 1.39 bits per heavy atom. The van der Waals surface area contributed by atoms with Crippen LogP contribution < -0.4 is 27.4 Å². The van der Waals surface area contributed by atoms with Gasteiger partial charge in [-0.1, -0.05) is 27.7 Å². The number of rotatable bonds is 14. The molecule has 3 atom stereocenters. The van der Waals surface area contributed by atoms with Crippen molar-refractivity contribution in [1.82, 2.24) is 16.0 Å². The number of nitrogens with two attached hydrogens (primary N) is 2. The lowest BCUT2D eigenvalue weighted by Gasteiger charge is -2.25. The summed E-state index contributed by atoms with van der Waals surface area (Å²) < 4.78 is 0. The Bertz CT molecular complexity index is 608. The highest BCUT2D eigenvalue weighted by atomic mass is 35.5. The maximum absolute atomic E-state index is 12.8. The molecule has 0 heterocycles. The molecule has 0 fully saturated rings. The molecule has 0 aromatic carbocycles. The summed E-state index contributed by atoms with van der Waals surface area (Å²) in [7, 11) is 0. The molecule has 0 spiro atoms. The normalized spacial score (nSPS) is 13.4. The van der Waals surface area contributed by atoms with Gasteiger partial charge in [0.25, 0.3) is 0 Å². The van der Waals surface area contributed by atoms with Gasteiger partial charge in [0.1, 0.15) is 18.4 Å². The minimum absolute atomic E-state index is 0. The van der Waals surface area contributed by atoms with Gasteiger partial charge in [0, 0.05) is 13.5 Å². The van der Waals surface area contributed by atoms with E-state index < -0.39 is 29.9 Å². The second-order valence-corrected chi connectivity index (χ2v) is 8.27. The van der Waals surface area contributed by atoms with E-state index in [1.807, 2.05) is 27.7 Å². The molecule has 0 saturated heterocycles. The van der Waals surface area contributed by atoms with Crippen molar-refractivity contribution in [3.05, 3.63) is 0 Å². The van der Waals surface area contributed by atoms with Crippen molar-refractivity contribution in [2.24, 2.45) is 28.3 Å². The average Bonchev–Trinajstić information content (AvgIpc) is 2.61. The molecule has 0 aromatic rings. The fourth-order valence-electron chi connectivity index (χ4n) is 2.90. The van der Waals surface area contributed by atoms with Gasteiger partial charge in [-0.3, -0.25) is 19.4 Å². The molecule has 10 nitrogen and oxygen atoms in total. The number of nitrogens with zero attached hydrogens (tertiary/aromatic N) is 1. The maximum atomic E-state index is 12.8. The SMILES string of the molecule is CC(=O)NC(CC(C)C)C(=O)NC(CC(C)C)C(=O)NC(C=O)CCCN=C(N)N.Cl. The van der Waals surface area contributed by atoms with Crippen LogP contribution in [0.15, 0.2) is 4.99 Å². The van der Waals surface area contributed by atoms with Gasteiger partial charge in [-0.2, -0.15) is 0 Å². The Labute approximate surface area is 191 Å². The van der Waals surface area contributed by atoms with Crippen LogP contribution in [0.4, 0.5) is 0 Å². The van der Waals surface area contributed by atoms with E-state index in [-0.39, 0.29) is 36.1 Å². The molecule has 0 aromatic heterocycles. The van der Waals surface area contributed by atoms with E-state index in [1.165, 1.54) is 6.92 Å². The van der Waals surface area contributed by atoms with Crippen molar-refractivity contribution in [3.63, 3.8) is 0 Å². The van der Waals surface area contributed by atoms with E-state index in [0.717, 1.165) is 0 Å². The minimum atomic E-state index is -0.818. The van der Waals surface area contributed by atoms with E-state index in [4.69, 9.17) is 11.5 Å². The average molecular weight is 463 g/mol. The minimum Gasteiger partial charge on any atom is -0.370 e. The summed E-state index contributed by atoms with van der Waals surface area (Å²) in [5.74, 6) is -0.909. The quantitative estimate of drug-likeness (QED) is 0.107. The Morgan fingerprint density at radius 3 is 1.81 bits per heavy atom. The smallest absolute Gasteiger partial charge is 0.243 e. The predicted octanol–water partition coefficient (Wildman–Crippen LogP) is 0.227. The summed E-state index contributed by atoms with van der Waals surface area (Å²) in [6.45, 7) is 9.43. The molecule has 0 rings (SSSR count). The van der Waals surface area contributed by atoms with Crippen molar-refractivity contribution in [2.75, 3.05) is 6.54 Å². The summed E-state index contributed by atoms with van der Waals surface area (Å²) in [6, 6.07) is -2.26. The van der Waals surface area contributed by atoms with Crippen LogP contribution in [-0.4, -0.2) is 54.6 Å². The van der Waals surface area contributed by atoms with Crippen LogP contribution in [0.3, 0.4) is 0 Å². The zero-order valence-corrected chi connectivity index (χ0v) is 20.0. The van der Waals surface area contributed by atoms with E-state index in [0.29, 0.717) is 38.5 Å². The number of hydrogen-bond donors (Lipinski definition) is 5. The third kappa shape index (κ3) is 15.1. The first-order valence-corrected chi connectivity index (χ1v) is 10.3. The molecule has 31 heavy (non-hydrogen) atoms. The van der Waals surface area contributed by atoms with Crippen LogP contribution in [0.1, 0.15) is 60.3 Å². The summed E-state index contributed by atoms with van der Waals surface area (Å²) >= 11 is 0. The Balaban J connectivity index is 0. The standard InChI is InChI=1S/C20H38N6O4.ClH/c1-12(2)9-16(24-14(5)28)19(30)26-17(10-13(3)4)18(29)25-15(11-27)7-6-8-23-20(21)22;/h11-13,15-17H,6-10H2,1-5H3,(H,24,28)(H,25,29)(H,26,30)(H4,21,22,23);1H. The molecule has 0 aliphatic carbocycles. The number of nitrogens with one attached hydrogen (secondary N) is 3. The zero-order valence-electron chi connectivity index (χ0n) is 19.1. The van der Waals surface area contributed by atoms with Gasteiger partial charge >= 0.3 is 0 Å². The molecule has 0 radical (unpaired) electrons. The van der Waals surface area contributed by atoms with E-state index in [1.54, 1.807) is 0 Å². The lowest BCUT2D eigenvalue weighted by Crippen LogP contribution is -2.55. The number of aliphatic imine (C=N–C) groups is 1. The first-order chi connectivity index (χ1) is 14.0. The fourth-order valence-corrected chi connectivity index (χ4v) is 2.90. The molecule has 0 saturated carbocycles. The van der Waals surface area contributed by atoms with Gasteiger partial charge in [-0.15, -0.1) is 12.4 Å². The van der Waals surface area contributed by atoms with Gasteiger partial charge in [-0.05, 0) is 37.5 Å². The number of halogens is 1. The van der Waals surface area contributed by atoms with Crippen LogP contribution >= 0.6 is 12.4 Å². The number of amides is 3. The highest BCUT2D eigenvalue weighted by Crippen LogP contribution is 2.09. The first kappa shape index (κ1) is 30.8. The van der Waals surface area contributed by atoms with E-state index in [9.17, 15) is 19.2 Å². The van der Waals surface area contributed by atoms with E-state index >= 15 is 0 Å². The summed E-state index contributed by atoms with van der Waals surface area (Å²) in [4.78, 5) is 52.1. The molecular formula is C20H39ClN6O4. The number of carbonyl (C=O) groups excluding carboxylic acids is 4. The first-order valence-electron chi connectivity index (χ1n) is 10.3. The van der Waals surface area contributed by atoms with Gasteiger partial charge < -0.3 is 32.2 Å². The third-order valence-corrected chi connectivity index (χ3v) is 4.20. The van der Waals surface area contributed by atoms with Crippen LogP contribution in [-0.2, 0) is 19.2 Å². The topological polar surface area (TPSA) is 169 Å². The lowest BCUT2D eigenvalue weighted by atomic mass is 9.99. The van der Waals surface area contributed by atoms with Crippen molar-refractivity contribution in [2.45, 2.75) is 78.4 Å². The Hall–Kier alpha value is -2.36. The second-order valence-electron chi connectivity index (χ2n) is 8.27. The molecule has 11 heteroatoms. The van der Waals surface area contributed by atoms with Crippen LogP contribution in [0.5, 0.6) is 0 Å². The number of hydrogen-bond acceptors (Lipinski definition) is 5. The molecule has 180 valence electrons. The number of guanidine groups is 1. The highest BCUT2D eigenvalue weighted by Gasteiger charge is 2.28. The van der Waals surface area contributed by atoms with Crippen molar-refractivity contribution < 1.29 is 19.2 Å². The molecule has 0 aliphatic rings. The lowest BCUT2D eigenvalue weighted by molar-refractivity contribution is -0.133. The summed E-state index contributed by atoms with van der Waals surface area (Å²) in [5, 5.41) is 8.03. The summed E-state index contributed by atoms with van der Waals surface area (Å²) in [6.07, 6.45) is 2.38. The van der Waals surface area contributed by atoms with Crippen molar-refractivity contribution >= 4 is 42.4 Å².